The second kappa shape index (κ2) is 9.56. The molecule has 0 fully saturated rings. The van der Waals surface area contributed by atoms with E-state index in [0.29, 0.717) is 5.56 Å². The van der Waals surface area contributed by atoms with Crippen molar-refractivity contribution in [3.8, 4) is 11.1 Å². The minimum Gasteiger partial charge on any atom is -0.480 e. The normalized spacial score (nSPS) is 13.8. The maximum atomic E-state index is 12.7. The first-order chi connectivity index (χ1) is 16.0. The number of ether oxygens (including phenoxy) is 1. The van der Waals surface area contributed by atoms with Gasteiger partial charge in [0.25, 0.3) is 0 Å². The monoisotopic (exact) mass is 444 g/mol. The van der Waals surface area contributed by atoms with Crippen LogP contribution in [0.1, 0.15) is 35.6 Å². The summed E-state index contributed by atoms with van der Waals surface area (Å²) in [5.41, 5.74) is 4.91. The molecule has 0 radical (unpaired) electrons. The van der Waals surface area contributed by atoms with Crippen LogP contribution in [0.5, 0.6) is 0 Å². The fraction of sp³-hybridized carbons (Fsp3) is 0.192. The second-order valence-electron chi connectivity index (χ2n) is 7.88. The topological polar surface area (TPSA) is 105 Å². The zero-order valence-corrected chi connectivity index (χ0v) is 18.0. The minimum absolute atomic E-state index is 0.106. The molecule has 3 aromatic carbocycles. The molecule has 1 aliphatic rings. The molecule has 33 heavy (non-hydrogen) atoms. The molecule has 7 nitrogen and oxygen atoms in total. The summed E-state index contributed by atoms with van der Waals surface area (Å²) < 4.78 is 5.55. The lowest BCUT2D eigenvalue weighted by molar-refractivity contribution is -0.141. The number of hydrogen-bond acceptors (Lipinski definition) is 4. The minimum atomic E-state index is -1.17. The van der Waals surface area contributed by atoms with E-state index in [4.69, 9.17) is 9.84 Å². The van der Waals surface area contributed by atoms with Crippen LogP contribution < -0.4 is 10.6 Å². The lowest BCUT2D eigenvalue weighted by atomic mass is 9.98. The fourth-order valence-corrected chi connectivity index (χ4v) is 4.06. The molecule has 0 aliphatic heterocycles. The van der Waals surface area contributed by atoms with Crippen molar-refractivity contribution in [1.82, 2.24) is 10.6 Å². The summed E-state index contributed by atoms with van der Waals surface area (Å²) in [6.07, 6.45) is -0.760. The van der Waals surface area contributed by atoms with E-state index < -0.39 is 30.1 Å². The number of fused-ring (bicyclic) bond motifs is 3. The number of alkyl carbamates (subject to hydrolysis) is 1. The Balaban J connectivity index is 1.48. The van der Waals surface area contributed by atoms with Gasteiger partial charge in [0, 0.05) is 5.92 Å². The van der Waals surface area contributed by atoms with Crippen molar-refractivity contribution in [2.24, 2.45) is 0 Å². The lowest BCUT2D eigenvalue weighted by Gasteiger charge is -2.21. The molecule has 2 amide bonds. The van der Waals surface area contributed by atoms with Crippen LogP contribution in [0.15, 0.2) is 78.9 Å². The van der Waals surface area contributed by atoms with Gasteiger partial charge in [0.1, 0.15) is 18.7 Å². The van der Waals surface area contributed by atoms with Gasteiger partial charge in [-0.1, -0.05) is 78.9 Å². The van der Waals surface area contributed by atoms with Gasteiger partial charge in [-0.15, -0.1) is 0 Å². The average molecular weight is 444 g/mol. The van der Waals surface area contributed by atoms with Gasteiger partial charge in [-0.2, -0.15) is 0 Å². The first-order valence-electron chi connectivity index (χ1n) is 10.7. The average Bonchev–Trinajstić information content (AvgIpc) is 3.15. The third-order valence-corrected chi connectivity index (χ3v) is 5.73. The third-order valence-electron chi connectivity index (χ3n) is 5.73. The number of nitrogens with one attached hydrogen (secondary N) is 2. The lowest BCUT2D eigenvalue weighted by Crippen LogP contribution is -2.46. The van der Waals surface area contributed by atoms with Gasteiger partial charge in [-0.25, -0.2) is 4.79 Å². The number of aliphatic carboxylic acids is 1. The summed E-state index contributed by atoms with van der Waals surface area (Å²) in [5.74, 6) is -1.92. The van der Waals surface area contributed by atoms with E-state index in [1.807, 2.05) is 48.5 Å². The highest BCUT2D eigenvalue weighted by Crippen LogP contribution is 2.44. The maximum Gasteiger partial charge on any atom is 0.408 e. The highest BCUT2D eigenvalue weighted by molar-refractivity contribution is 5.90. The van der Waals surface area contributed by atoms with E-state index in [1.165, 1.54) is 6.92 Å². The van der Waals surface area contributed by atoms with Crippen molar-refractivity contribution in [1.29, 1.82) is 0 Å². The maximum absolute atomic E-state index is 12.7. The number of carbonyl (C=O) groups excluding carboxylic acids is 2. The number of rotatable bonds is 7. The Hall–Kier alpha value is -4.13. The molecule has 0 saturated heterocycles. The van der Waals surface area contributed by atoms with E-state index in [-0.39, 0.29) is 12.5 Å². The fourth-order valence-electron chi connectivity index (χ4n) is 4.06. The van der Waals surface area contributed by atoms with Crippen LogP contribution >= 0.6 is 0 Å². The van der Waals surface area contributed by atoms with Crippen LogP contribution in [-0.2, 0) is 14.3 Å². The third kappa shape index (κ3) is 4.72. The number of carbonyl (C=O) groups is 3. The molecule has 3 aromatic rings. The number of carboxylic acid groups (broad SMARTS) is 1. The summed E-state index contributed by atoms with van der Waals surface area (Å²) in [6, 6.07) is 22.4. The number of amides is 2. The zero-order chi connectivity index (χ0) is 23.4. The molecule has 0 aromatic heterocycles. The van der Waals surface area contributed by atoms with Crippen LogP contribution in [-0.4, -0.2) is 35.7 Å². The van der Waals surface area contributed by atoms with Crippen LogP contribution in [0.3, 0.4) is 0 Å². The van der Waals surface area contributed by atoms with Crippen molar-refractivity contribution in [3.63, 3.8) is 0 Å². The van der Waals surface area contributed by atoms with Crippen LogP contribution in [0.2, 0.25) is 0 Å². The molecule has 0 saturated carbocycles. The molecule has 168 valence electrons. The summed E-state index contributed by atoms with van der Waals surface area (Å²) in [6.45, 7) is 1.46. The molecule has 1 unspecified atom stereocenters. The Bertz CT molecular complexity index is 1130. The van der Waals surface area contributed by atoms with Crippen LogP contribution in [0.4, 0.5) is 4.79 Å². The molecule has 0 heterocycles. The predicted molar refractivity (Wildman–Crippen MR) is 123 cm³/mol. The van der Waals surface area contributed by atoms with Gasteiger partial charge >= 0.3 is 12.1 Å². The van der Waals surface area contributed by atoms with Crippen molar-refractivity contribution in [3.05, 3.63) is 95.6 Å². The van der Waals surface area contributed by atoms with Gasteiger partial charge in [0.05, 0.1) is 0 Å². The molecule has 2 atom stereocenters. The van der Waals surface area contributed by atoms with Gasteiger partial charge in [-0.05, 0) is 34.7 Å². The molecular weight excluding hydrogens is 420 g/mol. The van der Waals surface area contributed by atoms with Crippen molar-refractivity contribution < 1.29 is 24.2 Å². The predicted octanol–water partition coefficient (Wildman–Crippen LogP) is 3.86. The Kier molecular flexibility index (Phi) is 6.40. The number of carboxylic acids is 1. The summed E-state index contributed by atoms with van der Waals surface area (Å²) in [5, 5.41) is 14.1. The Morgan fingerprint density at radius 3 is 1.97 bits per heavy atom. The van der Waals surface area contributed by atoms with E-state index >= 15 is 0 Å². The second-order valence-corrected chi connectivity index (χ2v) is 7.88. The van der Waals surface area contributed by atoms with Crippen molar-refractivity contribution >= 4 is 18.0 Å². The Morgan fingerprint density at radius 2 is 1.39 bits per heavy atom. The molecular formula is C26H24N2O5. The summed E-state index contributed by atoms with van der Waals surface area (Å²) in [7, 11) is 0. The van der Waals surface area contributed by atoms with Crippen molar-refractivity contribution in [2.75, 3.05) is 6.61 Å². The molecule has 4 rings (SSSR count). The van der Waals surface area contributed by atoms with Crippen molar-refractivity contribution in [2.45, 2.75) is 24.9 Å². The first-order valence-corrected chi connectivity index (χ1v) is 10.7. The quantitative estimate of drug-likeness (QED) is 0.513. The van der Waals surface area contributed by atoms with Gasteiger partial charge < -0.3 is 20.5 Å². The summed E-state index contributed by atoms with van der Waals surface area (Å²) in [4.78, 5) is 36.6. The van der Waals surface area contributed by atoms with E-state index in [9.17, 15) is 14.4 Å². The number of hydrogen-bond donors (Lipinski definition) is 3. The molecule has 3 N–H and O–H groups in total. The van der Waals surface area contributed by atoms with E-state index in [0.717, 1.165) is 22.3 Å². The largest absolute Gasteiger partial charge is 0.480 e. The highest BCUT2D eigenvalue weighted by atomic mass is 16.5. The van der Waals surface area contributed by atoms with Crippen LogP contribution in [0.25, 0.3) is 11.1 Å². The van der Waals surface area contributed by atoms with Crippen LogP contribution in [0, 0.1) is 0 Å². The molecule has 1 aliphatic carbocycles. The summed E-state index contributed by atoms with van der Waals surface area (Å²) >= 11 is 0. The van der Waals surface area contributed by atoms with E-state index in [1.54, 1.807) is 30.3 Å². The Morgan fingerprint density at radius 1 is 0.848 bits per heavy atom. The zero-order valence-electron chi connectivity index (χ0n) is 18.0. The van der Waals surface area contributed by atoms with Gasteiger partial charge in [-0.3, -0.25) is 9.59 Å². The SMILES string of the molecule is C[C@@H](NC(=O)C(NC(=O)OCC1c2ccccc2-c2ccccc21)c1ccccc1)C(=O)O. The Labute approximate surface area is 191 Å². The molecule has 0 spiro atoms. The van der Waals surface area contributed by atoms with E-state index in [2.05, 4.69) is 10.6 Å². The van der Waals surface area contributed by atoms with Gasteiger partial charge in [0.2, 0.25) is 5.91 Å². The van der Waals surface area contributed by atoms with Gasteiger partial charge in [0.15, 0.2) is 0 Å². The number of benzene rings is 3. The first kappa shape index (κ1) is 22.1. The molecule has 0 bridgehead atoms. The standard InChI is InChI=1S/C26H24N2O5/c1-16(25(30)31)27-24(29)23(17-9-3-2-4-10-17)28-26(32)33-15-22-20-13-7-5-11-18(20)19-12-6-8-14-21(19)22/h2-14,16,22-23H,15H2,1H3,(H,27,29)(H,28,32)(H,30,31)/t16-,23?/m1/s1. The molecule has 7 heteroatoms. The smallest absolute Gasteiger partial charge is 0.408 e. The highest BCUT2D eigenvalue weighted by Gasteiger charge is 2.30.